The minimum absolute atomic E-state index is 0.0504. The molecule has 0 unspecified atom stereocenters. The summed E-state index contributed by atoms with van der Waals surface area (Å²) >= 11 is 0. The van der Waals surface area contributed by atoms with Crippen molar-refractivity contribution < 1.29 is 22.6 Å². The van der Waals surface area contributed by atoms with E-state index in [-0.39, 0.29) is 4.90 Å². The number of aromatic nitrogens is 3. The van der Waals surface area contributed by atoms with Gasteiger partial charge in [-0.3, -0.25) is 4.72 Å². The molecule has 0 fully saturated rings. The molecule has 0 aliphatic carbocycles. The predicted octanol–water partition coefficient (Wildman–Crippen LogP) is 4.19. The minimum atomic E-state index is -3.83. The van der Waals surface area contributed by atoms with Crippen molar-refractivity contribution in [2.45, 2.75) is 11.8 Å². The summed E-state index contributed by atoms with van der Waals surface area (Å²) in [6, 6.07) is 16.4. The molecule has 2 aromatic carbocycles. The lowest BCUT2D eigenvalue weighted by molar-refractivity contribution is 0.354. The highest BCUT2D eigenvalue weighted by atomic mass is 32.2. The van der Waals surface area contributed by atoms with Crippen LogP contribution in [0.15, 0.2) is 78.0 Å². The molecule has 4 rings (SSSR count). The van der Waals surface area contributed by atoms with Gasteiger partial charge < -0.3 is 18.8 Å². The number of methoxy groups -OCH3 is 2. The van der Waals surface area contributed by atoms with Crippen LogP contribution >= 0.6 is 0 Å². The lowest BCUT2D eigenvalue weighted by Crippen LogP contribution is -2.13. The number of rotatable bonds is 8. The van der Waals surface area contributed by atoms with Crippen LogP contribution in [0.1, 0.15) is 5.82 Å². The first-order valence-corrected chi connectivity index (χ1v) is 11.4. The van der Waals surface area contributed by atoms with Crippen molar-refractivity contribution in [1.82, 2.24) is 14.5 Å². The number of nitrogens with zero attached hydrogens (tertiary/aromatic N) is 3. The Morgan fingerprint density at radius 3 is 2.24 bits per heavy atom. The third kappa shape index (κ3) is 5.07. The second-order valence-electron chi connectivity index (χ2n) is 6.95. The summed E-state index contributed by atoms with van der Waals surface area (Å²) in [6.45, 7) is 1.78. The van der Waals surface area contributed by atoms with Gasteiger partial charge in [-0.1, -0.05) is 0 Å². The number of aryl methyl sites for hydroxylation is 1. The van der Waals surface area contributed by atoms with E-state index in [4.69, 9.17) is 14.2 Å². The first-order chi connectivity index (χ1) is 15.9. The summed E-state index contributed by atoms with van der Waals surface area (Å²) in [5.74, 6) is 2.89. The topological polar surface area (TPSA) is 105 Å². The fourth-order valence-corrected chi connectivity index (χ4v) is 4.18. The van der Waals surface area contributed by atoms with E-state index in [2.05, 4.69) is 14.7 Å². The number of sulfonamides is 1. The Balaban J connectivity index is 1.50. The van der Waals surface area contributed by atoms with E-state index in [1.54, 1.807) is 37.3 Å². The molecule has 0 saturated carbocycles. The number of benzene rings is 2. The van der Waals surface area contributed by atoms with Crippen molar-refractivity contribution in [3.63, 3.8) is 0 Å². The van der Waals surface area contributed by atoms with Crippen molar-refractivity contribution in [3.8, 4) is 28.9 Å². The highest BCUT2D eigenvalue weighted by Gasteiger charge is 2.17. The Kier molecular flexibility index (Phi) is 6.18. The minimum Gasteiger partial charge on any atom is -0.493 e. The molecule has 0 amide bonds. The van der Waals surface area contributed by atoms with Crippen molar-refractivity contribution in [1.29, 1.82) is 0 Å². The molecule has 0 bridgehead atoms. The third-order valence-electron chi connectivity index (χ3n) is 4.66. The molecular weight excluding hydrogens is 444 g/mol. The van der Waals surface area contributed by atoms with Gasteiger partial charge >= 0.3 is 0 Å². The quantitative estimate of drug-likeness (QED) is 0.415. The van der Waals surface area contributed by atoms with Gasteiger partial charge in [-0.05, 0) is 55.5 Å². The molecule has 0 atom stereocenters. The second-order valence-corrected chi connectivity index (χ2v) is 8.63. The fraction of sp³-hybridized carbons (Fsp3) is 0.130. The number of ether oxygens (including phenoxy) is 3. The lowest BCUT2D eigenvalue weighted by atomic mass is 10.3. The Morgan fingerprint density at radius 1 is 0.879 bits per heavy atom. The summed E-state index contributed by atoms with van der Waals surface area (Å²) < 4.78 is 46.1. The van der Waals surface area contributed by atoms with E-state index in [0.29, 0.717) is 40.5 Å². The van der Waals surface area contributed by atoms with Crippen LogP contribution in [0.5, 0.6) is 23.1 Å². The highest BCUT2D eigenvalue weighted by Crippen LogP contribution is 2.30. The second kappa shape index (κ2) is 9.21. The maximum absolute atomic E-state index is 12.8. The van der Waals surface area contributed by atoms with Crippen LogP contribution in [0.4, 0.5) is 5.69 Å². The van der Waals surface area contributed by atoms with Crippen molar-refractivity contribution in [3.05, 3.63) is 78.9 Å². The summed E-state index contributed by atoms with van der Waals surface area (Å²) in [7, 11) is -0.899. The van der Waals surface area contributed by atoms with E-state index < -0.39 is 10.0 Å². The number of anilines is 1. The van der Waals surface area contributed by atoms with Crippen LogP contribution < -0.4 is 18.9 Å². The number of hydrogen-bond donors (Lipinski definition) is 1. The van der Waals surface area contributed by atoms with Crippen molar-refractivity contribution in [2.75, 3.05) is 18.9 Å². The Labute approximate surface area is 191 Å². The van der Waals surface area contributed by atoms with Gasteiger partial charge in [-0.15, -0.1) is 0 Å². The molecule has 0 saturated heterocycles. The number of hydrogen-bond acceptors (Lipinski definition) is 7. The van der Waals surface area contributed by atoms with Crippen LogP contribution in [-0.4, -0.2) is 37.2 Å². The Hall–Kier alpha value is -4.05. The molecule has 33 heavy (non-hydrogen) atoms. The Bertz CT molecular complexity index is 1350. The highest BCUT2D eigenvalue weighted by molar-refractivity contribution is 7.92. The molecule has 0 radical (unpaired) electrons. The third-order valence-corrected chi connectivity index (χ3v) is 6.04. The summed E-state index contributed by atoms with van der Waals surface area (Å²) in [6.07, 6.45) is 3.76. The smallest absolute Gasteiger partial charge is 0.262 e. The maximum atomic E-state index is 12.8. The Morgan fingerprint density at radius 2 is 1.58 bits per heavy atom. The van der Waals surface area contributed by atoms with Gasteiger partial charge in [0.15, 0.2) is 11.5 Å². The van der Waals surface area contributed by atoms with E-state index in [0.717, 1.165) is 0 Å². The lowest BCUT2D eigenvalue weighted by Gasteiger charge is -2.12. The zero-order chi connectivity index (χ0) is 23.4. The zero-order valence-electron chi connectivity index (χ0n) is 18.2. The van der Waals surface area contributed by atoms with Crippen molar-refractivity contribution >= 4 is 15.7 Å². The molecule has 0 aliphatic heterocycles. The molecule has 170 valence electrons. The first kappa shape index (κ1) is 22.2. The molecular formula is C23H22N4O5S. The van der Waals surface area contributed by atoms with Crippen LogP contribution in [0, 0.1) is 6.92 Å². The van der Waals surface area contributed by atoms with E-state index in [9.17, 15) is 8.42 Å². The van der Waals surface area contributed by atoms with Crippen LogP contribution in [0.3, 0.4) is 0 Å². The van der Waals surface area contributed by atoms with Gasteiger partial charge in [0, 0.05) is 30.2 Å². The predicted molar refractivity (Wildman–Crippen MR) is 123 cm³/mol. The van der Waals surface area contributed by atoms with Gasteiger partial charge in [0.25, 0.3) is 10.0 Å². The largest absolute Gasteiger partial charge is 0.493 e. The van der Waals surface area contributed by atoms with Crippen molar-refractivity contribution in [2.24, 2.45) is 0 Å². The van der Waals surface area contributed by atoms with Gasteiger partial charge in [-0.25, -0.2) is 13.4 Å². The monoisotopic (exact) mass is 466 g/mol. The maximum Gasteiger partial charge on any atom is 0.262 e. The average Bonchev–Trinajstić information content (AvgIpc) is 3.34. The molecule has 0 spiro atoms. The fourth-order valence-electron chi connectivity index (χ4n) is 3.11. The molecule has 2 heterocycles. The van der Waals surface area contributed by atoms with E-state index >= 15 is 0 Å². The van der Waals surface area contributed by atoms with E-state index in [1.807, 2.05) is 29.1 Å². The van der Waals surface area contributed by atoms with Crippen LogP contribution in [-0.2, 0) is 10.0 Å². The SMILES string of the molecule is COc1ccc(S(=O)(=O)Nc2ccc(Oc3cc(-n4cccc4)nc(C)n3)cc2)cc1OC. The average molecular weight is 467 g/mol. The molecule has 9 nitrogen and oxygen atoms in total. The first-order valence-electron chi connectivity index (χ1n) is 9.90. The summed E-state index contributed by atoms with van der Waals surface area (Å²) in [5, 5.41) is 0. The molecule has 1 N–H and O–H groups in total. The molecule has 10 heteroatoms. The van der Waals surface area contributed by atoms with Gasteiger partial charge in [0.2, 0.25) is 5.88 Å². The van der Waals surface area contributed by atoms with Gasteiger partial charge in [0.1, 0.15) is 17.4 Å². The zero-order valence-corrected chi connectivity index (χ0v) is 19.0. The van der Waals surface area contributed by atoms with Crippen LogP contribution in [0.25, 0.3) is 5.82 Å². The van der Waals surface area contributed by atoms with E-state index in [1.165, 1.54) is 32.4 Å². The van der Waals surface area contributed by atoms with Gasteiger partial charge in [-0.2, -0.15) is 4.98 Å². The number of nitrogens with one attached hydrogen (secondary N) is 1. The van der Waals surface area contributed by atoms with Gasteiger partial charge in [0.05, 0.1) is 19.1 Å². The molecule has 4 aromatic rings. The standard InChI is InChI=1S/C23H22N4O5S/c1-16-24-22(27-12-4-5-13-27)15-23(25-16)32-18-8-6-17(7-9-18)26-33(28,29)19-10-11-20(30-2)21(14-19)31-3/h4-15,26H,1-3H3. The van der Waals surface area contributed by atoms with Crippen LogP contribution in [0.2, 0.25) is 0 Å². The molecule has 2 aromatic heterocycles. The summed E-state index contributed by atoms with van der Waals surface area (Å²) in [4.78, 5) is 8.76. The normalized spacial score (nSPS) is 11.1. The molecule has 0 aliphatic rings. The summed E-state index contributed by atoms with van der Waals surface area (Å²) in [5.41, 5.74) is 0.379.